The summed E-state index contributed by atoms with van der Waals surface area (Å²) in [6, 6.07) is 47.5. The standard InChI is InChI=1S/C29H22Br2O.C14H10Br2O2.C8H7Br/c30-25-11-7-20(8-12-25)27-14-13-26(31)17-28(27)29(32,23-9-5-18-1-3-21(18)15-23)24-10-6-19-2-4-22(19)16-24;1-18-14(17)13-8-11(16)6-7-12(13)9-2-4-10(15)5-3-9;9-8-4-3-6-1-2-7(6)5-8/h5-17,32H,1-4H2;2-8H,1H3;3-5H,1-2H2. The van der Waals surface area contributed by atoms with Crippen molar-refractivity contribution in [1.29, 1.82) is 0 Å². The van der Waals surface area contributed by atoms with Gasteiger partial charge in [-0.1, -0.05) is 159 Å². The highest BCUT2D eigenvalue weighted by Crippen LogP contribution is 2.45. The fraction of sp³-hybridized carbons (Fsp3) is 0.157. The first-order chi connectivity index (χ1) is 28.5. The van der Waals surface area contributed by atoms with Gasteiger partial charge in [-0.2, -0.15) is 0 Å². The Labute approximate surface area is 387 Å². The molecule has 0 fully saturated rings. The van der Waals surface area contributed by atoms with Crippen molar-refractivity contribution < 1.29 is 14.6 Å². The second-order valence-corrected chi connectivity index (χ2v) is 19.6. The first kappa shape index (κ1) is 42.1. The predicted molar refractivity (Wildman–Crippen MR) is 257 cm³/mol. The lowest BCUT2D eigenvalue weighted by molar-refractivity contribution is 0.0601. The van der Waals surface area contributed by atoms with E-state index in [1.165, 1.54) is 57.8 Å². The predicted octanol–water partition coefficient (Wildman–Crippen LogP) is 14.6. The first-order valence-electron chi connectivity index (χ1n) is 19.4. The highest BCUT2D eigenvalue weighted by atomic mass is 79.9. The number of carbonyl (C=O) groups is 1. The monoisotopic (exact) mass is 1090 g/mol. The molecule has 8 heteroatoms. The van der Waals surface area contributed by atoms with Crippen LogP contribution < -0.4 is 0 Å². The van der Waals surface area contributed by atoms with Crippen LogP contribution in [0.5, 0.6) is 0 Å². The van der Waals surface area contributed by atoms with Gasteiger partial charge in [0.05, 0.1) is 12.7 Å². The zero-order valence-corrected chi connectivity index (χ0v) is 40.1. The van der Waals surface area contributed by atoms with E-state index in [9.17, 15) is 9.90 Å². The quantitative estimate of drug-likeness (QED) is 0.133. The molecule has 7 aromatic rings. The summed E-state index contributed by atoms with van der Waals surface area (Å²) in [5.41, 5.74) is 14.6. The van der Waals surface area contributed by atoms with Crippen LogP contribution in [0, 0.1) is 0 Å². The van der Waals surface area contributed by atoms with Crippen molar-refractivity contribution in [3.05, 3.63) is 218 Å². The number of ether oxygens (including phenoxy) is 1. The number of methoxy groups -OCH3 is 1. The molecule has 0 unspecified atom stereocenters. The number of hydrogen-bond acceptors (Lipinski definition) is 3. The van der Waals surface area contributed by atoms with Crippen LogP contribution in [-0.2, 0) is 48.9 Å². The SMILES string of the molecule is Brc1ccc2c(c1)CC2.COC(=O)c1cc(Br)ccc1-c1ccc(Br)cc1.OC(c1ccc2c(c1)CC2)(c1ccc2c(c1)CC2)c1cc(Br)ccc1-c1ccc(Br)cc1. The Morgan fingerprint density at radius 3 is 1.29 bits per heavy atom. The van der Waals surface area contributed by atoms with Crippen LogP contribution in [0.2, 0.25) is 0 Å². The molecule has 0 aliphatic heterocycles. The van der Waals surface area contributed by atoms with E-state index in [0.717, 1.165) is 82.5 Å². The van der Waals surface area contributed by atoms with Crippen molar-refractivity contribution in [1.82, 2.24) is 0 Å². The number of fused-ring (bicyclic) bond motifs is 3. The molecule has 296 valence electrons. The van der Waals surface area contributed by atoms with E-state index in [4.69, 9.17) is 4.74 Å². The summed E-state index contributed by atoms with van der Waals surface area (Å²) in [7, 11) is 1.38. The van der Waals surface area contributed by atoms with Gasteiger partial charge in [-0.15, -0.1) is 0 Å². The third-order valence-corrected chi connectivity index (χ3v) is 14.0. The van der Waals surface area contributed by atoms with Gasteiger partial charge < -0.3 is 9.84 Å². The number of hydrogen-bond donors (Lipinski definition) is 1. The molecule has 0 radical (unpaired) electrons. The van der Waals surface area contributed by atoms with Gasteiger partial charge in [-0.25, -0.2) is 4.79 Å². The van der Waals surface area contributed by atoms with E-state index in [-0.39, 0.29) is 5.97 Å². The topological polar surface area (TPSA) is 46.5 Å². The number of esters is 1. The van der Waals surface area contributed by atoms with Gasteiger partial charge in [0.2, 0.25) is 0 Å². The third-order valence-electron chi connectivity index (χ3n) is 11.5. The molecular formula is C51H39Br5O3. The zero-order chi connectivity index (χ0) is 41.3. The lowest BCUT2D eigenvalue weighted by Gasteiger charge is -2.35. The number of aliphatic hydroxyl groups is 1. The number of halogens is 5. The van der Waals surface area contributed by atoms with Gasteiger partial charge in [0.25, 0.3) is 0 Å². The summed E-state index contributed by atoms with van der Waals surface area (Å²) in [6.07, 6.45) is 6.99. The van der Waals surface area contributed by atoms with Crippen LogP contribution in [0.1, 0.15) is 60.4 Å². The molecule has 0 saturated heterocycles. The van der Waals surface area contributed by atoms with Gasteiger partial charge in [-0.05, 0) is 166 Å². The van der Waals surface area contributed by atoms with Gasteiger partial charge >= 0.3 is 5.97 Å². The van der Waals surface area contributed by atoms with Crippen molar-refractivity contribution in [3.8, 4) is 22.3 Å². The molecule has 59 heavy (non-hydrogen) atoms. The van der Waals surface area contributed by atoms with Gasteiger partial charge in [0, 0.05) is 27.9 Å². The highest BCUT2D eigenvalue weighted by Gasteiger charge is 2.38. The fourth-order valence-corrected chi connectivity index (χ4v) is 9.51. The molecule has 0 heterocycles. The Balaban J connectivity index is 0.000000149. The molecule has 1 N–H and O–H groups in total. The average Bonchev–Trinajstić information content (AvgIpc) is 3.21. The molecule has 10 rings (SSSR count). The first-order valence-corrected chi connectivity index (χ1v) is 23.4. The Kier molecular flexibility index (Phi) is 12.9. The van der Waals surface area contributed by atoms with E-state index in [1.54, 1.807) is 6.07 Å². The van der Waals surface area contributed by atoms with Crippen LogP contribution in [0.15, 0.2) is 162 Å². The summed E-state index contributed by atoms with van der Waals surface area (Å²) in [6.45, 7) is 0. The van der Waals surface area contributed by atoms with Crippen molar-refractivity contribution in [3.63, 3.8) is 0 Å². The van der Waals surface area contributed by atoms with Crippen LogP contribution >= 0.6 is 79.6 Å². The summed E-state index contributed by atoms with van der Waals surface area (Å²) in [4.78, 5) is 11.8. The Morgan fingerprint density at radius 2 is 0.847 bits per heavy atom. The van der Waals surface area contributed by atoms with E-state index >= 15 is 0 Å². The molecular weight excluding hydrogens is 1060 g/mol. The van der Waals surface area contributed by atoms with Gasteiger partial charge in [-0.3, -0.25) is 0 Å². The molecule has 3 nitrogen and oxygen atoms in total. The molecule has 0 aromatic heterocycles. The van der Waals surface area contributed by atoms with E-state index in [1.807, 2.05) is 36.4 Å². The molecule has 0 atom stereocenters. The number of benzene rings is 7. The smallest absolute Gasteiger partial charge is 0.338 e. The fourth-order valence-electron chi connectivity index (χ4n) is 7.86. The summed E-state index contributed by atoms with van der Waals surface area (Å²) in [5, 5.41) is 12.7. The maximum atomic E-state index is 12.7. The van der Waals surface area contributed by atoms with Crippen LogP contribution in [0.25, 0.3) is 22.3 Å². The maximum absolute atomic E-state index is 12.7. The third kappa shape index (κ3) is 9.05. The Bertz CT molecular complexity index is 2630. The molecule has 7 aromatic carbocycles. The van der Waals surface area contributed by atoms with Crippen molar-refractivity contribution in [2.75, 3.05) is 7.11 Å². The second kappa shape index (κ2) is 18.2. The van der Waals surface area contributed by atoms with E-state index < -0.39 is 5.60 Å². The minimum atomic E-state index is -1.25. The van der Waals surface area contributed by atoms with Gasteiger partial charge in [0.15, 0.2) is 0 Å². The molecule has 3 aliphatic rings. The zero-order valence-electron chi connectivity index (χ0n) is 32.2. The Morgan fingerprint density at radius 1 is 0.458 bits per heavy atom. The summed E-state index contributed by atoms with van der Waals surface area (Å²) >= 11 is 17.4. The molecule has 0 amide bonds. The van der Waals surface area contributed by atoms with Crippen LogP contribution in [-0.4, -0.2) is 18.2 Å². The minimum Gasteiger partial charge on any atom is -0.465 e. The molecule has 0 spiro atoms. The molecule has 0 bridgehead atoms. The van der Waals surface area contributed by atoms with Crippen molar-refractivity contribution in [2.24, 2.45) is 0 Å². The average molecular weight is 1100 g/mol. The van der Waals surface area contributed by atoms with Crippen molar-refractivity contribution in [2.45, 2.75) is 44.1 Å². The van der Waals surface area contributed by atoms with Crippen LogP contribution in [0.4, 0.5) is 0 Å². The van der Waals surface area contributed by atoms with Crippen LogP contribution in [0.3, 0.4) is 0 Å². The lowest BCUT2D eigenvalue weighted by Crippen LogP contribution is -2.31. The number of rotatable bonds is 6. The highest BCUT2D eigenvalue weighted by molar-refractivity contribution is 9.11. The normalized spacial score (nSPS) is 13.0. The van der Waals surface area contributed by atoms with Crippen molar-refractivity contribution >= 4 is 85.6 Å². The second-order valence-electron chi connectivity index (χ2n) is 15.0. The summed E-state index contributed by atoms with van der Waals surface area (Å²) < 4.78 is 9.87. The Hall–Kier alpha value is -3.63. The molecule has 0 saturated carbocycles. The van der Waals surface area contributed by atoms with E-state index in [0.29, 0.717) is 5.56 Å². The minimum absolute atomic E-state index is 0.339. The number of aryl methyl sites for hydroxylation is 6. The lowest BCUT2D eigenvalue weighted by atomic mass is 9.73. The molecule has 3 aliphatic carbocycles. The number of carbonyl (C=O) groups excluding carboxylic acids is 1. The maximum Gasteiger partial charge on any atom is 0.338 e. The largest absolute Gasteiger partial charge is 0.465 e. The van der Waals surface area contributed by atoms with Gasteiger partial charge in [0.1, 0.15) is 5.60 Å². The van der Waals surface area contributed by atoms with E-state index in [2.05, 4.69) is 177 Å². The summed E-state index contributed by atoms with van der Waals surface area (Å²) in [5.74, 6) is -0.339.